The van der Waals surface area contributed by atoms with Gasteiger partial charge in [0.2, 0.25) is 5.91 Å². The van der Waals surface area contributed by atoms with Crippen LogP contribution in [0.2, 0.25) is 0 Å². The van der Waals surface area contributed by atoms with Crippen LogP contribution in [-0.4, -0.2) is 50.1 Å². The van der Waals surface area contributed by atoms with Gasteiger partial charge >= 0.3 is 0 Å². The van der Waals surface area contributed by atoms with Crippen molar-refractivity contribution in [3.05, 3.63) is 71.0 Å². The third kappa shape index (κ3) is 4.39. The van der Waals surface area contributed by atoms with E-state index in [1.807, 2.05) is 31.2 Å². The van der Waals surface area contributed by atoms with Crippen LogP contribution >= 0.6 is 0 Å². The molecule has 1 N–H and O–H groups in total. The lowest BCUT2D eigenvalue weighted by molar-refractivity contribution is -0.125. The summed E-state index contributed by atoms with van der Waals surface area (Å²) in [5.74, 6) is -1.59. The Morgan fingerprint density at radius 1 is 1.14 bits per heavy atom. The number of likely N-dealkylation sites (tertiary alicyclic amines) is 1. The Hall–Kier alpha value is -2.73. The number of nitrogens with zero attached hydrogens (tertiary/aromatic N) is 1. The molecule has 0 saturated carbocycles. The van der Waals surface area contributed by atoms with Gasteiger partial charge in [0.25, 0.3) is 5.91 Å². The second kappa shape index (κ2) is 8.97. The number of benzene rings is 2. The third-order valence-electron chi connectivity index (χ3n) is 5.16. The maximum absolute atomic E-state index is 14.1. The van der Waals surface area contributed by atoms with Crippen molar-refractivity contribution >= 4 is 11.8 Å². The maximum Gasteiger partial charge on any atom is 0.256 e. The molecular weight excluding hydrogens is 359 g/mol. The summed E-state index contributed by atoms with van der Waals surface area (Å²) in [4.78, 5) is 27.2. The first-order valence-electron chi connectivity index (χ1n) is 9.38. The largest absolute Gasteiger partial charge is 0.383 e. The molecule has 148 valence electrons. The Kier molecular flexibility index (Phi) is 6.41. The zero-order valence-corrected chi connectivity index (χ0v) is 16.2. The molecule has 1 heterocycles. The van der Waals surface area contributed by atoms with Crippen LogP contribution in [0.15, 0.2) is 48.5 Å². The van der Waals surface area contributed by atoms with E-state index in [2.05, 4.69) is 5.32 Å². The molecule has 2 unspecified atom stereocenters. The molecule has 0 aliphatic carbocycles. The first-order valence-corrected chi connectivity index (χ1v) is 9.38. The standard InChI is InChI=1S/C22H25FN2O3/c1-15-7-9-16(10-8-15)18-13-25(14-19(18)21(26)24-11-12-28-2)22(27)17-5-3-4-6-20(17)23/h3-10,18-19H,11-14H2,1-2H3,(H,24,26). The van der Waals surface area contributed by atoms with E-state index in [9.17, 15) is 14.0 Å². The second-order valence-electron chi connectivity index (χ2n) is 7.10. The first-order chi connectivity index (χ1) is 13.5. The van der Waals surface area contributed by atoms with Crippen LogP contribution in [0.4, 0.5) is 4.39 Å². The van der Waals surface area contributed by atoms with E-state index in [1.165, 1.54) is 12.1 Å². The summed E-state index contributed by atoms with van der Waals surface area (Å²) in [5, 5.41) is 2.87. The molecule has 2 aromatic carbocycles. The lowest BCUT2D eigenvalue weighted by Crippen LogP contribution is -2.37. The minimum atomic E-state index is -0.549. The quantitative estimate of drug-likeness (QED) is 0.779. The van der Waals surface area contributed by atoms with Crippen LogP contribution in [-0.2, 0) is 9.53 Å². The summed E-state index contributed by atoms with van der Waals surface area (Å²) in [6.07, 6.45) is 0. The van der Waals surface area contributed by atoms with Gasteiger partial charge in [-0.1, -0.05) is 42.0 Å². The van der Waals surface area contributed by atoms with Crippen LogP contribution in [0, 0.1) is 18.7 Å². The van der Waals surface area contributed by atoms with Crippen LogP contribution in [0.1, 0.15) is 27.4 Å². The average molecular weight is 384 g/mol. The predicted octanol–water partition coefficient (Wildman–Crippen LogP) is 2.75. The molecule has 2 atom stereocenters. The van der Waals surface area contributed by atoms with Gasteiger partial charge in [-0.05, 0) is 24.6 Å². The first kappa shape index (κ1) is 20.0. The van der Waals surface area contributed by atoms with E-state index >= 15 is 0 Å². The molecule has 2 amide bonds. The summed E-state index contributed by atoms with van der Waals surface area (Å²) < 4.78 is 19.1. The second-order valence-corrected chi connectivity index (χ2v) is 7.10. The molecule has 1 fully saturated rings. The normalized spacial score (nSPS) is 18.9. The number of ether oxygens (including phenoxy) is 1. The van der Waals surface area contributed by atoms with Crippen molar-refractivity contribution in [2.24, 2.45) is 5.92 Å². The molecule has 3 rings (SSSR count). The van der Waals surface area contributed by atoms with E-state index in [0.717, 1.165) is 11.1 Å². The number of halogens is 1. The van der Waals surface area contributed by atoms with Gasteiger partial charge in [0.15, 0.2) is 0 Å². The molecule has 6 heteroatoms. The van der Waals surface area contributed by atoms with Gasteiger partial charge < -0.3 is 15.0 Å². The molecular formula is C22H25FN2O3. The highest BCUT2D eigenvalue weighted by Crippen LogP contribution is 2.34. The third-order valence-corrected chi connectivity index (χ3v) is 5.16. The van der Waals surface area contributed by atoms with Crippen LogP contribution in [0.5, 0.6) is 0 Å². The van der Waals surface area contributed by atoms with Crippen molar-refractivity contribution in [3.63, 3.8) is 0 Å². The number of aryl methyl sites for hydroxylation is 1. The van der Waals surface area contributed by atoms with Crippen LogP contribution in [0.3, 0.4) is 0 Å². The highest BCUT2D eigenvalue weighted by Gasteiger charge is 2.40. The minimum Gasteiger partial charge on any atom is -0.383 e. The number of carbonyl (C=O) groups excluding carboxylic acids is 2. The van der Waals surface area contributed by atoms with Gasteiger partial charge in [-0.3, -0.25) is 9.59 Å². The number of hydrogen-bond acceptors (Lipinski definition) is 3. The molecule has 1 aliphatic heterocycles. The van der Waals surface area contributed by atoms with Crippen LogP contribution < -0.4 is 5.32 Å². The Morgan fingerprint density at radius 3 is 2.54 bits per heavy atom. The number of carbonyl (C=O) groups is 2. The fourth-order valence-electron chi connectivity index (χ4n) is 3.60. The average Bonchev–Trinajstić information content (AvgIpc) is 3.14. The summed E-state index contributed by atoms with van der Waals surface area (Å²) in [6.45, 7) is 3.46. The van der Waals surface area contributed by atoms with Crippen molar-refractivity contribution in [1.29, 1.82) is 0 Å². The minimum absolute atomic E-state index is 0.0330. The Balaban J connectivity index is 1.83. The predicted molar refractivity (Wildman–Crippen MR) is 105 cm³/mol. The number of hydrogen-bond donors (Lipinski definition) is 1. The molecule has 0 bridgehead atoms. The Bertz CT molecular complexity index is 838. The summed E-state index contributed by atoms with van der Waals surface area (Å²) in [6, 6.07) is 13.9. The maximum atomic E-state index is 14.1. The van der Waals surface area contributed by atoms with Gasteiger partial charge in [0.1, 0.15) is 5.82 Å². The summed E-state index contributed by atoms with van der Waals surface area (Å²) in [5.41, 5.74) is 2.16. The molecule has 5 nitrogen and oxygen atoms in total. The Labute approximate surface area is 164 Å². The van der Waals surface area contributed by atoms with Crippen molar-refractivity contribution in [2.45, 2.75) is 12.8 Å². The van der Waals surface area contributed by atoms with Crippen molar-refractivity contribution < 1.29 is 18.7 Å². The number of methoxy groups -OCH3 is 1. The van der Waals surface area contributed by atoms with Crippen molar-refractivity contribution in [3.8, 4) is 0 Å². The molecule has 28 heavy (non-hydrogen) atoms. The van der Waals surface area contributed by atoms with E-state index < -0.39 is 11.7 Å². The fourth-order valence-corrected chi connectivity index (χ4v) is 3.60. The SMILES string of the molecule is COCCNC(=O)C1CN(C(=O)c2ccccc2F)CC1c1ccc(C)cc1. The van der Waals surface area contributed by atoms with E-state index in [-0.39, 0.29) is 29.8 Å². The highest BCUT2D eigenvalue weighted by atomic mass is 19.1. The molecule has 1 aliphatic rings. The number of rotatable bonds is 6. The number of amides is 2. The number of nitrogens with one attached hydrogen (secondary N) is 1. The topological polar surface area (TPSA) is 58.6 Å². The molecule has 0 radical (unpaired) electrons. The van der Waals surface area contributed by atoms with E-state index in [1.54, 1.807) is 24.1 Å². The lowest BCUT2D eigenvalue weighted by Gasteiger charge is -2.18. The van der Waals surface area contributed by atoms with Gasteiger partial charge in [-0.15, -0.1) is 0 Å². The lowest BCUT2D eigenvalue weighted by atomic mass is 9.88. The highest BCUT2D eigenvalue weighted by molar-refractivity contribution is 5.95. The zero-order valence-electron chi connectivity index (χ0n) is 16.2. The molecule has 1 saturated heterocycles. The zero-order chi connectivity index (χ0) is 20.1. The van der Waals surface area contributed by atoms with Crippen molar-refractivity contribution in [2.75, 3.05) is 33.4 Å². The van der Waals surface area contributed by atoms with E-state index in [4.69, 9.17) is 4.74 Å². The van der Waals surface area contributed by atoms with Gasteiger partial charge in [0, 0.05) is 32.7 Å². The summed E-state index contributed by atoms with van der Waals surface area (Å²) in [7, 11) is 1.58. The monoisotopic (exact) mass is 384 g/mol. The van der Waals surface area contributed by atoms with Crippen LogP contribution in [0.25, 0.3) is 0 Å². The molecule has 2 aromatic rings. The smallest absolute Gasteiger partial charge is 0.256 e. The Morgan fingerprint density at radius 2 is 1.86 bits per heavy atom. The van der Waals surface area contributed by atoms with Gasteiger partial charge in [-0.2, -0.15) is 0 Å². The van der Waals surface area contributed by atoms with Gasteiger partial charge in [-0.25, -0.2) is 4.39 Å². The van der Waals surface area contributed by atoms with Crippen molar-refractivity contribution in [1.82, 2.24) is 10.2 Å². The fraction of sp³-hybridized carbons (Fsp3) is 0.364. The summed E-state index contributed by atoms with van der Waals surface area (Å²) >= 11 is 0. The van der Waals surface area contributed by atoms with Gasteiger partial charge in [0.05, 0.1) is 18.1 Å². The molecule has 0 spiro atoms. The van der Waals surface area contributed by atoms with E-state index in [0.29, 0.717) is 19.7 Å². The molecule has 0 aromatic heterocycles.